The monoisotopic (exact) mass is 305 g/mol. The maximum Gasteiger partial charge on any atom is 0.106 e. The summed E-state index contributed by atoms with van der Waals surface area (Å²) in [6, 6.07) is 10.3. The minimum Gasteiger partial charge on any atom is -0.259 e. The summed E-state index contributed by atoms with van der Waals surface area (Å²) in [6.45, 7) is 0. The summed E-state index contributed by atoms with van der Waals surface area (Å²) in [4.78, 5) is 5.60. The number of hydrogen-bond donors (Lipinski definition) is 0. The molecule has 0 radical (unpaired) electrons. The molecule has 1 aromatic heterocycles. The quantitative estimate of drug-likeness (QED) is 0.826. The molecule has 3 rings (SSSR count). The first-order chi connectivity index (χ1) is 9.81. The zero-order chi connectivity index (χ0) is 13.8. The lowest BCUT2D eigenvalue weighted by Gasteiger charge is -2.06. The third-order valence-corrected chi connectivity index (χ3v) is 6.46. The highest BCUT2D eigenvalue weighted by Gasteiger charge is 2.18. The summed E-state index contributed by atoms with van der Waals surface area (Å²) in [5, 5.41) is 1.00. The molecular formula is C16H19NOS2. The fourth-order valence-electron chi connectivity index (χ4n) is 2.75. The molecule has 1 atom stereocenters. The second-order valence-corrected chi connectivity index (χ2v) is 8.00. The van der Waals surface area contributed by atoms with Crippen LogP contribution in [-0.4, -0.2) is 14.9 Å². The first-order valence-electron chi connectivity index (χ1n) is 7.16. The van der Waals surface area contributed by atoms with Crippen molar-refractivity contribution < 1.29 is 4.21 Å². The van der Waals surface area contributed by atoms with Crippen molar-refractivity contribution in [2.45, 2.75) is 31.4 Å². The smallest absolute Gasteiger partial charge is 0.106 e. The Labute approximate surface area is 126 Å². The van der Waals surface area contributed by atoms with Gasteiger partial charge in [-0.3, -0.25) is 4.21 Å². The SMILES string of the molecule is O=[S@](Cc1ncc(-c2ccccc2)s1)CC1CCCC1. The highest BCUT2D eigenvalue weighted by molar-refractivity contribution is 7.84. The van der Waals surface area contributed by atoms with E-state index in [1.165, 1.54) is 36.1 Å². The molecule has 2 aromatic rings. The molecule has 0 amide bonds. The Balaban J connectivity index is 1.61. The van der Waals surface area contributed by atoms with Crippen LogP contribution in [0.2, 0.25) is 0 Å². The zero-order valence-corrected chi connectivity index (χ0v) is 13.1. The van der Waals surface area contributed by atoms with Crippen LogP contribution in [0.3, 0.4) is 0 Å². The number of nitrogens with zero attached hydrogens (tertiary/aromatic N) is 1. The molecular weight excluding hydrogens is 286 g/mol. The lowest BCUT2D eigenvalue weighted by molar-refractivity contribution is 0.604. The lowest BCUT2D eigenvalue weighted by Crippen LogP contribution is -2.09. The van der Waals surface area contributed by atoms with Gasteiger partial charge in [0, 0.05) is 22.7 Å². The lowest BCUT2D eigenvalue weighted by atomic mass is 10.1. The molecule has 1 aromatic carbocycles. The standard InChI is InChI=1S/C16H19NOS2/c18-20(11-13-6-4-5-7-13)12-16-17-10-15(19-16)14-8-2-1-3-9-14/h1-3,8-10,13H,4-7,11-12H2/t20-/m0/s1. The summed E-state index contributed by atoms with van der Waals surface area (Å²) in [7, 11) is -0.756. The van der Waals surface area contributed by atoms with Gasteiger partial charge in [0.2, 0.25) is 0 Å². The molecule has 1 aliphatic carbocycles. The maximum absolute atomic E-state index is 12.2. The van der Waals surface area contributed by atoms with Gasteiger partial charge >= 0.3 is 0 Å². The van der Waals surface area contributed by atoms with E-state index in [9.17, 15) is 4.21 Å². The predicted octanol–water partition coefficient (Wildman–Crippen LogP) is 4.25. The summed E-state index contributed by atoms with van der Waals surface area (Å²) < 4.78 is 12.2. The number of benzene rings is 1. The third kappa shape index (κ3) is 3.55. The van der Waals surface area contributed by atoms with E-state index in [1.807, 2.05) is 24.4 Å². The molecule has 0 saturated heterocycles. The van der Waals surface area contributed by atoms with E-state index >= 15 is 0 Å². The van der Waals surface area contributed by atoms with E-state index in [2.05, 4.69) is 17.1 Å². The van der Waals surface area contributed by atoms with Crippen LogP contribution in [-0.2, 0) is 16.6 Å². The van der Waals surface area contributed by atoms with Gasteiger partial charge in [0.25, 0.3) is 0 Å². The van der Waals surface area contributed by atoms with Gasteiger partial charge in [0.1, 0.15) is 5.01 Å². The van der Waals surface area contributed by atoms with Crippen LogP contribution in [0.25, 0.3) is 10.4 Å². The number of hydrogen-bond acceptors (Lipinski definition) is 3. The highest BCUT2D eigenvalue weighted by atomic mass is 32.2. The van der Waals surface area contributed by atoms with Gasteiger partial charge in [-0.15, -0.1) is 11.3 Å². The van der Waals surface area contributed by atoms with Crippen molar-refractivity contribution >= 4 is 22.1 Å². The Morgan fingerprint density at radius 2 is 1.95 bits per heavy atom. The van der Waals surface area contributed by atoms with Crippen molar-refractivity contribution in [2.75, 3.05) is 5.75 Å². The maximum atomic E-state index is 12.2. The Bertz CT molecular complexity index is 573. The van der Waals surface area contributed by atoms with Gasteiger partial charge in [0.05, 0.1) is 10.6 Å². The van der Waals surface area contributed by atoms with E-state index in [-0.39, 0.29) is 0 Å². The molecule has 1 aliphatic rings. The van der Waals surface area contributed by atoms with Crippen molar-refractivity contribution in [2.24, 2.45) is 5.92 Å². The number of rotatable bonds is 5. The van der Waals surface area contributed by atoms with Crippen LogP contribution in [0.1, 0.15) is 30.7 Å². The van der Waals surface area contributed by atoms with Crippen molar-refractivity contribution in [3.63, 3.8) is 0 Å². The first-order valence-corrected chi connectivity index (χ1v) is 9.47. The van der Waals surface area contributed by atoms with Crippen molar-refractivity contribution in [1.29, 1.82) is 0 Å². The van der Waals surface area contributed by atoms with Crippen LogP contribution in [0.4, 0.5) is 0 Å². The summed E-state index contributed by atoms with van der Waals surface area (Å²) >= 11 is 1.67. The van der Waals surface area contributed by atoms with Crippen molar-refractivity contribution in [1.82, 2.24) is 4.98 Å². The first kappa shape index (κ1) is 14.0. The molecule has 0 spiro atoms. The average Bonchev–Trinajstić information content (AvgIpc) is 3.11. The molecule has 0 bridgehead atoms. The normalized spacial score (nSPS) is 17.4. The molecule has 106 valence electrons. The Kier molecular flexibility index (Phi) is 4.63. The minimum absolute atomic E-state index is 0.619. The third-order valence-electron chi connectivity index (χ3n) is 3.79. The van der Waals surface area contributed by atoms with Gasteiger partial charge in [0.15, 0.2) is 0 Å². The zero-order valence-electron chi connectivity index (χ0n) is 11.5. The largest absolute Gasteiger partial charge is 0.259 e. The topological polar surface area (TPSA) is 30.0 Å². The van der Waals surface area contributed by atoms with E-state index in [1.54, 1.807) is 11.3 Å². The van der Waals surface area contributed by atoms with Gasteiger partial charge in [-0.25, -0.2) is 4.98 Å². The van der Waals surface area contributed by atoms with E-state index < -0.39 is 10.8 Å². The summed E-state index contributed by atoms with van der Waals surface area (Å²) in [5.41, 5.74) is 1.19. The summed E-state index contributed by atoms with van der Waals surface area (Å²) in [5.74, 6) is 2.17. The average molecular weight is 305 g/mol. The molecule has 2 nitrogen and oxygen atoms in total. The molecule has 20 heavy (non-hydrogen) atoms. The molecule has 0 N–H and O–H groups in total. The van der Waals surface area contributed by atoms with Gasteiger partial charge in [-0.05, 0) is 24.3 Å². The molecule has 1 fully saturated rings. The Morgan fingerprint density at radius 3 is 2.70 bits per heavy atom. The number of thiazole rings is 1. The molecule has 1 saturated carbocycles. The van der Waals surface area contributed by atoms with Crippen LogP contribution >= 0.6 is 11.3 Å². The molecule has 1 heterocycles. The van der Waals surface area contributed by atoms with Gasteiger partial charge < -0.3 is 0 Å². The molecule has 0 aliphatic heterocycles. The molecule has 4 heteroatoms. The molecule has 0 unspecified atom stereocenters. The van der Waals surface area contributed by atoms with Crippen LogP contribution < -0.4 is 0 Å². The Morgan fingerprint density at radius 1 is 1.20 bits per heavy atom. The minimum atomic E-state index is -0.756. The summed E-state index contributed by atoms with van der Waals surface area (Å²) in [6.07, 6.45) is 7.06. The van der Waals surface area contributed by atoms with Crippen molar-refractivity contribution in [3.05, 3.63) is 41.5 Å². The highest BCUT2D eigenvalue weighted by Crippen LogP contribution is 2.28. The van der Waals surface area contributed by atoms with E-state index in [4.69, 9.17) is 0 Å². The van der Waals surface area contributed by atoms with E-state index in [0.717, 1.165) is 10.8 Å². The fraction of sp³-hybridized carbons (Fsp3) is 0.438. The predicted molar refractivity (Wildman–Crippen MR) is 86.2 cm³/mol. The fourth-order valence-corrected chi connectivity index (χ4v) is 5.43. The van der Waals surface area contributed by atoms with Crippen LogP contribution in [0.5, 0.6) is 0 Å². The van der Waals surface area contributed by atoms with Crippen LogP contribution in [0.15, 0.2) is 36.5 Å². The van der Waals surface area contributed by atoms with Crippen molar-refractivity contribution in [3.8, 4) is 10.4 Å². The number of aromatic nitrogens is 1. The Hall–Kier alpha value is -1.00. The van der Waals surface area contributed by atoms with Gasteiger partial charge in [-0.2, -0.15) is 0 Å². The van der Waals surface area contributed by atoms with E-state index in [0.29, 0.717) is 11.7 Å². The van der Waals surface area contributed by atoms with Crippen LogP contribution in [0, 0.1) is 5.92 Å². The second-order valence-electron chi connectivity index (χ2n) is 5.39. The second kappa shape index (κ2) is 6.64. The van der Waals surface area contributed by atoms with Gasteiger partial charge in [-0.1, -0.05) is 43.2 Å².